The highest BCUT2D eigenvalue weighted by molar-refractivity contribution is 7.89. The Labute approximate surface area is 208 Å². The van der Waals surface area contributed by atoms with Gasteiger partial charge in [-0.3, -0.25) is 0 Å². The van der Waals surface area contributed by atoms with Gasteiger partial charge in [0.2, 0.25) is 10.0 Å². The van der Waals surface area contributed by atoms with Crippen LogP contribution in [0.5, 0.6) is 0 Å². The minimum atomic E-state index is -3.59. The second kappa shape index (κ2) is 10.3. The zero-order valence-corrected chi connectivity index (χ0v) is 21.5. The molecule has 1 aliphatic heterocycles. The molecule has 1 saturated heterocycles. The zero-order valence-electron chi connectivity index (χ0n) is 18.3. The Bertz CT molecular complexity index is 1140. The van der Waals surface area contributed by atoms with Gasteiger partial charge < -0.3 is 15.0 Å². The number of nitrogens with zero attached hydrogens (tertiary/aromatic N) is 2. The molecule has 0 bridgehead atoms. The monoisotopic (exact) mass is 527 g/mol. The van der Waals surface area contributed by atoms with Gasteiger partial charge in [-0.2, -0.15) is 4.31 Å². The van der Waals surface area contributed by atoms with Crippen molar-refractivity contribution in [1.82, 2.24) is 9.21 Å². The normalized spacial score (nSPS) is 16.8. The molecule has 7 nitrogen and oxygen atoms in total. The number of thiocarbonyl (C=S) groups is 1. The number of esters is 1. The molecule has 4 rings (SSSR count). The van der Waals surface area contributed by atoms with Crippen molar-refractivity contribution in [2.24, 2.45) is 0 Å². The second-order valence-corrected chi connectivity index (χ2v) is 11.8. The third kappa shape index (κ3) is 5.19. The van der Waals surface area contributed by atoms with E-state index in [0.29, 0.717) is 48.5 Å². The number of anilines is 1. The summed E-state index contributed by atoms with van der Waals surface area (Å²) in [5.74, 6) is -0.318. The molecular formula is C22H26ClN3O4S3. The van der Waals surface area contributed by atoms with Gasteiger partial charge in [-0.05, 0) is 74.7 Å². The first kappa shape index (κ1) is 24.4. The number of hydrogen-bond acceptors (Lipinski definition) is 6. The fourth-order valence-corrected chi connectivity index (χ4v) is 7.31. The van der Waals surface area contributed by atoms with Crippen LogP contribution < -0.4 is 5.32 Å². The fourth-order valence-electron chi connectivity index (χ4n) is 4.14. The van der Waals surface area contributed by atoms with Crippen molar-refractivity contribution in [3.63, 3.8) is 0 Å². The van der Waals surface area contributed by atoms with E-state index in [0.717, 1.165) is 36.2 Å². The van der Waals surface area contributed by atoms with Gasteiger partial charge in [-0.1, -0.05) is 11.6 Å². The van der Waals surface area contributed by atoms with Gasteiger partial charge in [-0.25, -0.2) is 13.2 Å². The maximum atomic E-state index is 12.9. The number of hydrogen-bond donors (Lipinski definition) is 1. The fraction of sp³-hybridized carbons (Fsp3) is 0.455. The van der Waals surface area contributed by atoms with Gasteiger partial charge >= 0.3 is 5.97 Å². The first-order valence-corrected chi connectivity index (χ1v) is 14.0. The van der Waals surface area contributed by atoms with Crippen molar-refractivity contribution in [1.29, 1.82) is 0 Å². The van der Waals surface area contributed by atoms with Gasteiger partial charge in [0.25, 0.3) is 0 Å². The molecule has 0 atom stereocenters. The number of aryl methyl sites for hydroxylation is 1. The van der Waals surface area contributed by atoms with Gasteiger partial charge in [0.05, 0.1) is 17.1 Å². The summed E-state index contributed by atoms with van der Waals surface area (Å²) in [5, 5.41) is 4.97. The zero-order chi connectivity index (χ0) is 23.6. The van der Waals surface area contributed by atoms with Crippen molar-refractivity contribution in [3.05, 3.63) is 45.3 Å². The Kier molecular flexibility index (Phi) is 7.59. The third-order valence-corrected chi connectivity index (χ3v) is 9.58. The van der Waals surface area contributed by atoms with Crippen LogP contribution in [-0.2, 0) is 27.6 Å². The van der Waals surface area contributed by atoms with E-state index in [4.69, 9.17) is 28.6 Å². The van der Waals surface area contributed by atoms with Crippen LogP contribution in [0.3, 0.4) is 0 Å². The molecule has 1 aliphatic carbocycles. The molecule has 2 aromatic rings. The van der Waals surface area contributed by atoms with Crippen LogP contribution in [0.4, 0.5) is 5.00 Å². The van der Waals surface area contributed by atoms with E-state index in [-0.39, 0.29) is 10.9 Å². The summed E-state index contributed by atoms with van der Waals surface area (Å²) >= 11 is 13.1. The summed E-state index contributed by atoms with van der Waals surface area (Å²) in [6.07, 6.45) is 4.01. The van der Waals surface area contributed by atoms with E-state index in [1.165, 1.54) is 21.3 Å². The molecule has 11 heteroatoms. The largest absolute Gasteiger partial charge is 0.462 e. The van der Waals surface area contributed by atoms with E-state index in [1.54, 1.807) is 30.4 Å². The smallest absolute Gasteiger partial charge is 0.341 e. The Morgan fingerprint density at radius 1 is 1.15 bits per heavy atom. The number of thiophene rings is 1. The highest BCUT2D eigenvalue weighted by atomic mass is 35.5. The summed E-state index contributed by atoms with van der Waals surface area (Å²) in [4.78, 5) is 16.1. The lowest BCUT2D eigenvalue weighted by molar-refractivity contribution is 0.0526. The minimum absolute atomic E-state index is 0.226. The molecule has 0 unspecified atom stereocenters. The highest BCUT2D eigenvalue weighted by Crippen LogP contribution is 2.38. The average Bonchev–Trinajstić information content (AvgIpc) is 3.17. The van der Waals surface area contributed by atoms with Crippen molar-refractivity contribution in [3.8, 4) is 0 Å². The Morgan fingerprint density at radius 2 is 1.82 bits per heavy atom. The average molecular weight is 528 g/mol. The lowest BCUT2D eigenvalue weighted by Crippen LogP contribution is -2.51. The molecule has 178 valence electrons. The molecule has 0 saturated carbocycles. The summed E-state index contributed by atoms with van der Waals surface area (Å²) in [6, 6.07) is 6.19. The van der Waals surface area contributed by atoms with Gasteiger partial charge in [0.1, 0.15) is 5.00 Å². The van der Waals surface area contributed by atoms with Crippen LogP contribution in [0, 0.1) is 0 Å². The van der Waals surface area contributed by atoms with Crippen LogP contribution in [0.2, 0.25) is 5.02 Å². The topological polar surface area (TPSA) is 79.0 Å². The lowest BCUT2D eigenvalue weighted by atomic mass is 9.95. The molecule has 0 amide bonds. The predicted octanol–water partition coefficient (Wildman–Crippen LogP) is 4.16. The van der Waals surface area contributed by atoms with Gasteiger partial charge in [0, 0.05) is 36.1 Å². The van der Waals surface area contributed by atoms with Crippen LogP contribution in [0.25, 0.3) is 0 Å². The Hall–Kier alpha value is -1.72. The maximum absolute atomic E-state index is 12.9. The summed E-state index contributed by atoms with van der Waals surface area (Å²) in [6.45, 7) is 3.66. The second-order valence-electron chi connectivity index (χ2n) is 7.91. The highest BCUT2D eigenvalue weighted by Gasteiger charge is 2.31. The van der Waals surface area contributed by atoms with Crippen molar-refractivity contribution >= 4 is 61.3 Å². The standard InChI is InChI=1S/C22H26ClN3O4S3/c1-2-30-21(27)19-17-5-3-4-6-18(17)32-20(19)24-22(31)25-11-13-26(14-12-25)33(28,29)16-9-7-15(23)8-10-16/h7-10H,2-6,11-14H2,1H3,(H,24,31). The van der Waals surface area contributed by atoms with Crippen LogP contribution in [-0.4, -0.2) is 61.5 Å². The molecule has 1 aromatic carbocycles. The lowest BCUT2D eigenvalue weighted by Gasteiger charge is -2.35. The number of fused-ring (bicyclic) bond motifs is 1. The Morgan fingerprint density at radius 3 is 2.48 bits per heavy atom. The number of sulfonamides is 1. The molecule has 1 aromatic heterocycles. The van der Waals surface area contributed by atoms with E-state index in [1.807, 2.05) is 4.90 Å². The van der Waals surface area contributed by atoms with Crippen molar-refractivity contribution in [2.45, 2.75) is 37.5 Å². The summed E-state index contributed by atoms with van der Waals surface area (Å²) in [7, 11) is -3.59. The first-order valence-electron chi connectivity index (χ1n) is 10.9. The van der Waals surface area contributed by atoms with E-state index >= 15 is 0 Å². The number of rotatable bonds is 5. The number of halogens is 1. The number of nitrogens with one attached hydrogen (secondary N) is 1. The Balaban J connectivity index is 1.44. The number of benzene rings is 1. The summed E-state index contributed by atoms with van der Waals surface area (Å²) < 4.78 is 32.6. The van der Waals surface area contributed by atoms with Gasteiger partial charge in [-0.15, -0.1) is 11.3 Å². The van der Waals surface area contributed by atoms with Gasteiger partial charge in [0.15, 0.2) is 5.11 Å². The quantitative estimate of drug-likeness (QED) is 0.462. The third-order valence-electron chi connectivity index (χ3n) is 5.85. The molecule has 0 spiro atoms. The number of carbonyl (C=O) groups excluding carboxylic acids is 1. The predicted molar refractivity (Wildman–Crippen MR) is 135 cm³/mol. The SMILES string of the molecule is CCOC(=O)c1c(NC(=S)N2CCN(S(=O)(=O)c3ccc(Cl)cc3)CC2)sc2c1CCCC2. The number of ether oxygens (including phenoxy) is 1. The van der Waals surface area contributed by atoms with E-state index in [9.17, 15) is 13.2 Å². The molecule has 2 aliphatic rings. The van der Waals surface area contributed by atoms with Crippen molar-refractivity contribution in [2.75, 3.05) is 38.1 Å². The number of carbonyl (C=O) groups is 1. The maximum Gasteiger partial charge on any atom is 0.341 e. The van der Waals surface area contributed by atoms with Crippen molar-refractivity contribution < 1.29 is 17.9 Å². The molecule has 1 fully saturated rings. The molecule has 2 heterocycles. The summed E-state index contributed by atoms with van der Waals surface area (Å²) in [5.41, 5.74) is 1.68. The van der Waals surface area contributed by atoms with Crippen LogP contribution in [0.1, 0.15) is 40.6 Å². The minimum Gasteiger partial charge on any atom is -0.462 e. The first-order chi connectivity index (χ1) is 15.8. The van der Waals surface area contributed by atoms with Crippen LogP contribution in [0.15, 0.2) is 29.2 Å². The molecule has 0 radical (unpaired) electrons. The number of piperazine rings is 1. The van der Waals surface area contributed by atoms with Crippen LogP contribution >= 0.6 is 35.2 Å². The molecule has 1 N–H and O–H groups in total. The van der Waals surface area contributed by atoms with E-state index in [2.05, 4.69) is 5.32 Å². The molecule has 33 heavy (non-hydrogen) atoms. The molecular weight excluding hydrogens is 502 g/mol. The van der Waals surface area contributed by atoms with E-state index < -0.39 is 10.0 Å².